The number of nitrogens with one attached hydrogen (secondary N) is 1. The first-order valence-electron chi connectivity index (χ1n) is 9.19. The van der Waals surface area contributed by atoms with Gasteiger partial charge in [0.15, 0.2) is 0 Å². The van der Waals surface area contributed by atoms with Gasteiger partial charge in [-0.15, -0.1) is 0 Å². The van der Waals surface area contributed by atoms with Gasteiger partial charge in [-0.05, 0) is 36.5 Å². The molecule has 1 heterocycles. The molecule has 0 unspecified atom stereocenters. The fourth-order valence-electron chi connectivity index (χ4n) is 2.64. The minimum atomic E-state index is -0.0740. The molecule has 140 valence electrons. The van der Waals surface area contributed by atoms with Crippen LogP contribution in [-0.4, -0.2) is 34.4 Å². The van der Waals surface area contributed by atoms with E-state index in [1.54, 1.807) is 17.9 Å². The summed E-state index contributed by atoms with van der Waals surface area (Å²) in [6, 6.07) is 10.0. The monoisotopic (exact) mass is 354 g/mol. The molecule has 0 aliphatic heterocycles. The summed E-state index contributed by atoms with van der Waals surface area (Å²) in [5.74, 6) is 1.14. The highest BCUT2D eigenvalue weighted by Crippen LogP contribution is 2.24. The third-order valence-electron chi connectivity index (χ3n) is 4.27. The van der Waals surface area contributed by atoms with Crippen LogP contribution in [0.25, 0.3) is 0 Å². The van der Waals surface area contributed by atoms with Crippen molar-refractivity contribution in [3.8, 4) is 0 Å². The molecular weight excluding hydrogens is 324 g/mol. The number of hydrogen-bond donors (Lipinski definition) is 1. The second-order valence-corrected chi connectivity index (χ2v) is 7.72. The molecule has 1 aromatic heterocycles. The molecular formula is C21H30N4O. The summed E-state index contributed by atoms with van der Waals surface area (Å²) in [7, 11) is 1.81. The van der Waals surface area contributed by atoms with Crippen molar-refractivity contribution in [3.63, 3.8) is 0 Å². The Kier molecular flexibility index (Phi) is 6.35. The molecule has 1 N–H and O–H groups in total. The second kappa shape index (κ2) is 8.30. The van der Waals surface area contributed by atoms with E-state index in [2.05, 4.69) is 55.1 Å². The molecule has 0 atom stereocenters. The number of amides is 1. The van der Waals surface area contributed by atoms with Gasteiger partial charge in [-0.3, -0.25) is 4.79 Å². The van der Waals surface area contributed by atoms with Crippen LogP contribution in [0.2, 0.25) is 0 Å². The van der Waals surface area contributed by atoms with Crippen LogP contribution in [0, 0.1) is 6.92 Å². The number of anilines is 2. The van der Waals surface area contributed by atoms with Gasteiger partial charge in [0.25, 0.3) is 5.91 Å². The third kappa shape index (κ3) is 5.28. The van der Waals surface area contributed by atoms with Gasteiger partial charge in [0.05, 0.1) is 0 Å². The average molecular weight is 354 g/mol. The molecule has 2 aromatic rings. The summed E-state index contributed by atoms with van der Waals surface area (Å²) >= 11 is 0. The van der Waals surface area contributed by atoms with E-state index in [1.165, 1.54) is 5.56 Å². The zero-order chi connectivity index (χ0) is 19.3. The molecule has 0 aliphatic carbocycles. The lowest BCUT2D eigenvalue weighted by atomic mass is 9.87. The molecule has 0 radical (unpaired) electrons. The number of rotatable bonds is 6. The molecule has 0 saturated heterocycles. The number of aryl methyl sites for hydroxylation is 1. The predicted octanol–water partition coefficient (Wildman–Crippen LogP) is 4.70. The summed E-state index contributed by atoms with van der Waals surface area (Å²) in [6.07, 6.45) is 2.04. The van der Waals surface area contributed by atoms with Crippen LogP contribution in [0.1, 0.15) is 62.4 Å². The maximum absolute atomic E-state index is 12.6. The van der Waals surface area contributed by atoms with Crippen molar-refractivity contribution in [3.05, 3.63) is 47.4 Å². The predicted molar refractivity (Wildman–Crippen MR) is 107 cm³/mol. The van der Waals surface area contributed by atoms with E-state index in [4.69, 9.17) is 0 Å². The molecule has 1 amide bonds. The molecule has 1 aromatic carbocycles. The first-order chi connectivity index (χ1) is 12.2. The number of aromatic nitrogens is 2. The first kappa shape index (κ1) is 19.9. The zero-order valence-corrected chi connectivity index (χ0v) is 16.8. The first-order valence-corrected chi connectivity index (χ1v) is 9.19. The maximum atomic E-state index is 12.6. The average Bonchev–Trinajstić information content (AvgIpc) is 2.58. The molecule has 5 heteroatoms. The minimum absolute atomic E-state index is 0.0740. The van der Waals surface area contributed by atoms with Crippen molar-refractivity contribution >= 4 is 17.4 Å². The van der Waals surface area contributed by atoms with E-state index in [1.807, 2.05) is 19.2 Å². The van der Waals surface area contributed by atoms with Crippen LogP contribution in [0.15, 0.2) is 30.3 Å². The molecule has 0 saturated carbocycles. The summed E-state index contributed by atoms with van der Waals surface area (Å²) < 4.78 is 0. The van der Waals surface area contributed by atoms with Crippen molar-refractivity contribution < 1.29 is 4.79 Å². The van der Waals surface area contributed by atoms with Crippen molar-refractivity contribution in [1.29, 1.82) is 0 Å². The highest BCUT2D eigenvalue weighted by atomic mass is 16.2. The Balaban J connectivity index is 2.18. The lowest BCUT2D eigenvalue weighted by Crippen LogP contribution is -2.28. The lowest BCUT2D eigenvalue weighted by molar-refractivity contribution is 0.0787. The summed E-state index contributed by atoms with van der Waals surface area (Å²) in [5.41, 5.74) is 2.75. The Morgan fingerprint density at radius 1 is 1.15 bits per heavy atom. The molecule has 26 heavy (non-hydrogen) atoms. The van der Waals surface area contributed by atoms with Crippen molar-refractivity contribution in [1.82, 2.24) is 14.9 Å². The number of hydrogen-bond acceptors (Lipinski definition) is 4. The normalized spacial score (nSPS) is 11.3. The van der Waals surface area contributed by atoms with Gasteiger partial charge < -0.3 is 10.2 Å². The smallest absolute Gasteiger partial charge is 0.272 e. The minimum Gasteiger partial charge on any atom is -0.340 e. The molecule has 0 bridgehead atoms. The number of carbonyl (C=O) groups excluding carboxylic acids is 1. The van der Waals surface area contributed by atoms with E-state index < -0.39 is 0 Å². The zero-order valence-electron chi connectivity index (χ0n) is 16.8. The number of carbonyl (C=O) groups is 1. The second-order valence-electron chi connectivity index (χ2n) is 7.72. The van der Waals surface area contributed by atoms with E-state index in [0.717, 1.165) is 25.1 Å². The van der Waals surface area contributed by atoms with Gasteiger partial charge in [-0.2, -0.15) is 0 Å². The highest BCUT2D eigenvalue weighted by Gasteiger charge is 2.16. The lowest BCUT2D eigenvalue weighted by Gasteiger charge is -2.19. The number of benzene rings is 1. The molecule has 2 rings (SSSR count). The molecule has 0 spiro atoms. The highest BCUT2D eigenvalue weighted by molar-refractivity contribution is 5.93. The number of nitrogens with zero attached hydrogens (tertiary/aromatic N) is 3. The maximum Gasteiger partial charge on any atom is 0.272 e. The Morgan fingerprint density at radius 3 is 2.38 bits per heavy atom. The van der Waals surface area contributed by atoms with Crippen LogP contribution >= 0.6 is 0 Å². The Morgan fingerprint density at radius 2 is 1.81 bits per heavy atom. The van der Waals surface area contributed by atoms with Gasteiger partial charge in [0.1, 0.15) is 17.3 Å². The van der Waals surface area contributed by atoms with Gasteiger partial charge in [-0.1, -0.05) is 46.2 Å². The quantitative estimate of drug-likeness (QED) is 0.817. The van der Waals surface area contributed by atoms with Crippen molar-refractivity contribution in [2.24, 2.45) is 0 Å². The third-order valence-corrected chi connectivity index (χ3v) is 4.27. The van der Waals surface area contributed by atoms with Gasteiger partial charge in [0.2, 0.25) is 0 Å². The topological polar surface area (TPSA) is 58.1 Å². The van der Waals surface area contributed by atoms with Crippen molar-refractivity contribution in [2.75, 3.05) is 18.9 Å². The van der Waals surface area contributed by atoms with Crippen LogP contribution in [0.5, 0.6) is 0 Å². The van der Waals surface area contributed by atoms with E-state index in [-0.39, 0.29) is 11.3 Å². The van der Waals surface area contributed by atoms with E-state index >= 15 is 0 Å². The fraction of sp³-hybridized carbons (Fsp3) is 0.476. The Labute approximate surface area is 156 Å². The summed E-state index contributed by atoms with van der Waals surface area (Å²) in [5, 5.41) is 3.28. The van der Waals surface area contributed by atoms with Crippen LogP contribution in [0.3, 0.4) is 0 Å². The molecule has 5 nitrogen and oxygen atoms in total. The van der Waals surface area contributed by atoms with E-state index in [9.17, 15) is 4.79 Å². The van der Waals surface area contributed by atoms with Crippen LogP contribution < -0.4 is 5.32 Å². The molecule has 0 aliphatic rings. The Bertz CT molecular complexity index is 748. The summed E-state index contributed by atoms with van der Waals surface area (Å²) in [4.78, 5) is 23.0. The van der Waals surface area contributed by atoms with Gasteiger partial charge in [0, 0.05) is 25.3 Å². The number of unbranched alkanes of at least 4 members (excludes halogenated alkanes) is 1. The van der Waals surface area contributed by atoms with Gasteiger partial charge >= 0.3 is 0 Å². The van der Waals surface area contributed by atoms with Gasteiger partial charge in [-0.25, -0.2) is 9.97 Å². The largest absolute Gasteiger partial charge is 0.340 e. The summed E-state index contributed by atoms with van der Waals surface area (Å²) in [6.45, 7) is 11.2. The fourth-order valence-corrected chi connectivity index (χ4v) is 2.64. The van der Waals surface area contributed by atoms with Crippen LogP contribution in [0.4, 0.5) is 11.5 Å². The van der Waals surface area contributed by atoms with Crippen molar-refractivity contribution in [2.45, 2.75) is 52.9 Å². The SMILES string of the molecule is CCCCN(C)C(=O)c1cc(Nc2ccc(C(C)(C)C)cc2)nc(C)n1. The van der Waals surface area contributed by atoms with E-state index in [0.29, 0.717) is 17.3 Å². The molecule has 0 fully saturated rings. The standard InChI is InChI=1S/C21H30N4O/c1-7-8-13-25(6)20(26)18-14-19(23-15(2)22-18)24-17-11-9-16(10-12-17)21(3,4)5/h9-12,14H,7-8,13H2,1-6H3,(H,22,23,24). The Hall–Kier alpha value is -2.43. The van der Waals surface area contributed by atoms with Crippen LogP contribution in [-0.2, 0) is 5.41 Å².